The zero-order valence-electron chi connectivity index (χ0n) is 18.5. The van der Waals surface area contributed by atoms with E-state index in [1.54, 1.807) is 22.8 Å². The summed E-state index contributed by atoms with van der Waals surface area (Å²) in [7, 11) is 0. The highest BCUT2D eigenvalue weighted by molar-refractivity contribution is 5.95. The largest absolute Gasteiger partial charge is 0.478 e. The molecule has 0 saturated heterocycles. The van der Waals surface area contributed by atoms with Crippen LogP contribution in [0, 0.1) is 12.3 Å². The first-order valence-corrected chi connectivity index (χ1v) is 11.1. The lowest BCUT2D eigenvalue weighted by atomic mass is 9.99. The Hall–Kier alpha value is -3.59. The van der Waals surface area contributed by atoms with Crippen LogP contribution in [-0.4, -0.2) is 25.4 Å². The van der Waals surface area contributed by atoms with Gasteiger partial charge in [0.15, 0.2) is 0 Å². The summed E-state index contributed by atoms with van der Waals surface area (Å²) in [5.41, 5.74) is 2.56. The van der Waals surface area contributed by atoms with Crippen LogP contribution in [0.4, 0.5) is 0 Å². The zero-order valence-corrected chi connectivity index (χ0v) is 18.5. The van der Waals surface area contributed by atoms with Gasteiger partial charge >= 0.3 is 11.7 Å². The normalized spacial score (nSPS) is 10.8. The van der Waals surface area contributed by atoms with Crippen LogP contribution in [0.2, 0.25) is 0 Å². The Labute approximate surface area is 188 Å². The van der Waals surface area contributed by atoms with Crippen molar-refractivity contribution in [3.8, 4) is 23.5 Å². The van der Waals surface area contributed by atoms with Gasteiger partial charge in [0.2, 0.25) is 0 Å². The summed E-state index contributed by atoms with van der Waals surface area (Å²) in [5.74, 6) is 2.39. The number of carboxylic acid groups (broad SMARTS) is 1. The maximum Gasteiger partial charge on any atom is 0.346 e. The Kier molecular flexibility index (Phi) is 8.04. The Morgan fingerprint density at radius 1 is 1.09 bits per heavy atom. The minimum atomic E-state index is -0.955. The molecule has 2 aromatic carbocycles. The Balaban J connectivity index is 1.84. The van der Waals surface area contributed by atoms with E-state index in [-0.39, 0.29) is 11.3 Å². The number of rotatable bonds is 11. The number of carboxylic acids is 1. The van der Waals surface area contributed by atoms with Crippen LogP contribution in [0.3, 0.4) is 0 Å². The lowest BCUT2D eigenvalue weighted by molar-refractivity contribution is 0.0697. The molecule has 6 heteroatoms. The first-order chi connectivity index (χ1) is 15.5. The molecule has 0 fully saturated rings. The van der Waals surface area contributed by atoms with Gasteiger partial charge in [-0.05, 0) is 29.2 Å². The molecule has 3 aromatic rings. The molecule has 1 heterocycles. The monoisotopic (exact) mass is 431 g/mol. The zero-order chi connectivity index (χ0) is 22.9. The van der Waals surface area contributed by atoms with E-state index in [9.17, 15) is 14.7 Å². The van der Waals surface area contributed by atoms with Gasteiger partial charge in [-0.2, -0.15) is 5.10 Å². The molecule has 0 aliphatic rings. The quantitative estimate of drug-likeness (QED) is 0.355. The molecular formula is C26H29N3O3. The molecule has 0 radical (unpaired) electrons. The summed E-state index contributed by atoms with van der Waals surface area (Å²) in [6.07, 6.45) is 11.0. The second-order valence-electron chi connectivity index (χ2n) is 7.82. The number of aromatic nitrogens is 3. The molecule has 0 saturated carbocycles. The van der Waals surface area contributed by atoms with E-state index in [0.29, 0.717) is 25.1 Å². The van der Waals surface area contributed by atoms with Crippen LogP contribution in [0.1, 0.15) is 60.8 Å². The average molecular weight is 432 g/mol. The van der Waals surface area contributed by atoms with Crippen molar-refractivity contribution in [1.29, 1.82) is 0 Å². The number of benzene rings is 2. The molecule has 0 spiro atoms. The van der Waals surface area contributed by atoms with Crippen LogP contribution in [0.25, 0.3) is 11.1 Å². The fourth-order valence-corrected chi connectivity index (χ4v) is 3.75. The van der Waals surface area contributed by atoms with E-state index in [1.807, 2.05) is 30.3 Å². The van der Waals surface area contributed by atoms with E-state index < -0.39 is 5.97 Å². The topological polar surface area (TPSA) is 77.1 Å². The van der Waals surface area contributed by atoms with Crippen molar-refractivity contribution >= 4 is 5.97 Å². The lowest BCUT2D eigenvalue weighted by Gasteiger charge is -2.09. The molecular weight excluding hydrogens is 402 g/mol. The van der Waals surface area contributed by atoms with E-state index in [2.05, 4.69) is 17.9 Å². The third-order valence-corrected chi connectivity index (χ3v) is 5.48. The molecule has 3 rings (SSSR count). The van der Waals surface area contributed by atoms with E-state index in [1.165, 1.54) is 11.1 Å². The van der Waals surface area contributed by atoms with Gasteiger partial charge in [-0.25, -0.2) is 14.3 Å². The number of aryl methyl sites for hydroxylation is 2. The van der Waals surface area contributed by atoms with Gasteiger partial charge in [0.05, 0.1) is 18.7 Å². The molecule has 0 unspecified atom stereocenters. The summed E-state index contributed by atoms with van der Waals surface area (Å²) in [6, 6.07) is 14.6. The molecule has 0 atom stereocenters. The number of nitrogens with zero attached hydrogens (tertiary/aromatic N) is 3. The van der Waals surface area contributed by atoms with Crippen molar-refractivity contribution in [3.63, 3.8) is 0 Å². The Bertz CT molecular complexity index is 1150. The van der Waals surface area contributed by atoms with Crippen molar-refractivity contribution in [2.45, 2.75) is 58.5 Å². The molecule has 1 aromatic heterocycles. The van der Waals surface area contributed by atoms with Crippen molar-refractivity contribution in [3.05, 3.63) is 76.0 Å². The predicted octanol–water partition coefficient (Wildman–Crippen LogP) is 4.60. The van der Waals surface area contributed by atoms with Crippen molar-refractivity contribution in [2.75, 3.05) is 0 Å². The lowest BCUT2D eigenvalue weighted by Crippen LogP contribution is -2.26. The molecule has 166 valence electrons. The highest BCUT2D eigenvalue weighted by atomic mass is 16.4. The third kappa shape index (κ3) is 5.55. The third-order valence-electron chi connectivity index (χ3n) is 5.48. The molecule has 0 amide bonds. The summed E-state index contributed by atoms with van der Waals surface area (Å²) >= 11 is 0. The Morgan fingerprint density at radius 3 is 2.53 bits per heavy atom. The van der Waals surface area contributed by atoms with Gasteiger partial charge in [0.25, 0.3) is 0 Å². The highest BCUT2D eigenvalue weighted by Gasteiger charge is 2.14. The maximum absolute atomic E-state index is 12.9. The van der Waals surface area contributed by atoms with Gasteiger partial charge in [0, 0.05) is 12.8 Å². The first-order valence-electron chi connectivity index (χ1n) is 11.1. The summed E-state index contributed by atoms with van der Waals surface area (Å²) < 4.78 is 3.19. The van der Waals surface area contributed by atoms with Gasteiger partial charge in [-0.15, -0.1) is 12.3 Å². The molecule has 0 bridgehead atoms. The predicted molar refractivity (Wildman–Crippen MR) is 126 cm³/mol. The molecule has 0 aliphatic heterocycles. The minimum Gasteiger partial charge on any atom is -0.478 e. The molecule has 32 heavy (non-hydrogen) atoms. The Morgan fingerprint density at radius 2 is 1.84 bits per heavy atom. The highest BCUT2D eigenvalue weighted by Crippen LogP contribution is 2.24. The minimum absolute atomic E-state index is 0.147. The van der Waals surface area contributed by atoms with Crippen LogP contribution in [-0.2, 0) is 19.5 Å². The summed E-state index contributed by atoms with van der Waals surface area (Å²) in [4.78, 5) is 24.4. The maximum atomic E-state index is 12.9. The van der Waals surface area contributed by atoms with Gasteiger partial charge in [0.1, 0.15) is 5.82 Å². The van der Waals surface area contributed by atoms with Gasteiger partial charge in [-0.3, -0.25) is 4.57 Å². The van der Waals surface area contributed by atoms with E-state index in [4.69, 9.17) is 6.42 Å². The second kappa shape index (κ2) is 11.1. The number of terminal acetylenes is 1. The summed E-state index contributed by atoms with van der Waals surface area (Å²) in [6.45, 7) is 3.00. The van der Waals surface area contributed by atoms with Crippen LogP contribution in [0.15, 0.2) is 53.3 Å². The van der Waals surface area contributed by atoms with Crippen molar-refractivity contribution in [2.24, 2.45) is 0 Å². The van der Waals surface area contributed by atoms with Gasteiger partial charge in [-0.1, -0.05) is 68.7 Å². The van der Waals surface area contributed by atoms with Crippen LogP contribution < -0.4 is 5.69 Å². The average Bonchev–Trinajstić information content (AvgIpc) is 3.10. The molecule has 6 nitrogen and oxygen atoms in total. The van der Waals surface area contributed by atoms with Gasteiger partial charge < -0.3 is 5.11 Å². The number of carbonyl (C=O) groups is 1. The number of aromatic carboxylic acids is 1. The number of hydrogen-bond donors (Lipinski definition) is 1. The number of hydrogen-bond acceptors (Lipinski definition) is 3. The smallest absolute Gasteiger partial charge is 0.346 e. The standard InChI is InChI=1S/C26H29N3O3/c1-3-5-7-8-13-24-27-29(18-6-4-2)26(32)28(24)19-20-14-16-21(17-15-20)22-11-9-10-12-23(22)25(30)31/h2,9-12,14-17H,3,5-8,13,18-19H2,1H3,(H,30,31). The van der Waals surface area contributed by atoms with Crippen LogP contribution >= 0.6 is 0 Å². The number of unbranched alkanes of at least 4 members (excludes halogenated alkanes) is 3. The first kappa shape index (κ1) is 23.1. The fraction of sp³-hybridized carbons (Fsp3) is 0.346. The second-order valence-corrected chi connectivity index (χ2v) is 7.82. The van der Waals surface area contributed by atoms with E-state index in [0.717, 1.165) is 42.6 Å². The fourth-order valence-electron chi connectivity index (χ4n) is 3.75. The molecule has 0 aliphatic carbocycles. The summed E-state index contributed by atoms with van der Waals surface area (Å²) in [5, 5.41) is 14.0. The van der Waals surface area contributed by atoms with Crippen molar-refractivity contribution < 1.29 is 9.90 Å². The molecule has 1 N–H and O–H groups in total. The SMILES string of the molecule is C#CCCn1nc(CCCCCC)n(Cc2ccc(-c3ccccc3C(=O)O)cc2)c1=O. The van der Waals surface area contributed by atoms with Crippen LogP contribution in [0.5, 0.6) is 0 Å². The van der Waals surface area contributed by atoms with E-state index >= 15 is 0 Å². The van der Waals surface area contributed by atoms with Crippen molar-refractivity contribution in [1.82, 2.24) is 14.3 Å².